The molecule has 0 aliphatic carbocycles. The van der Waals surface area contributed by atoms with Crippen LogP contribution in [0.5, 0.6) is 11.5 Å². The highest BCUT2D eigenvalue weighted by atomic mass is 35.5. The lowest BCUT2D eigenvalue weighted by Crippen LogP contribution is -2.32. The van der Waals surface area contributed by atoms with E-state index in [1.54, 1.807) is 19.1 Å². The van der Waals surface area contributed by atoms with Gasteiger partial charge in [0.15, 0.2) is 0 Å². The van der Waals surface area contributed by atoms with E-state index < -0.39 is 0 Å². The van der Waals surface area contributed by atoms with Gasteiger partial charge in [-0.15, -0.1) is 0 Å². The number of halogens is 1. The van der Waals surface area contributed by atoms with Gasteiger partial charge >= 0.3 is 0 Å². The van der Waals surface area contributed by atoms with Gasteiger partial charge in [0.05, 0.1) is 31.5 Å². The van der Waals surface area contributed by atoms with Crippen LogP contribution in [-0.2, 0) is 9.59 Å². The van der Waals surface area contributed by atoms with E-state index >= 15 is 0 Å². The molecule has 1 rings (SSSR count). The van der Waals surface area contributed by atoms with Gasteiger partial charge in [-0.2, -0.15) is 0 Å². The number of hydrogen-bond acceptors (Lipinski definition) is 4. The summed E-state index contributed by atoms with van der Waals surface area (Å²) in [5.74, 6) is 0.265. The van der Waals surface area contributed by atoms with Crippen molar-refractivity contribution >= 4 is 29.1 Å². The van der Waals surface area contributed by atoms with E-state index in [1.165, 1.54) is 14.2 Å². The van der Waals surface area contributed by atoms with Gasteiger partial charge in [0.1, 0.15) is 11.5 Å². The highest BCUT2D eigenvalue weighted by Crippen LogP contribution is 2.35. The second kappa shape index (κ2) is 7.59. The quantitative estimate of drug-likeness (QED) is 0.840. The van der Waals surface area contributed by atoms with Crippen LogP contribution in [0.3, 0.4) is 0 Å². The average Bonchev–Trinajstić information content (AvgIpc) is 2.45. The summed E-state index contributed by atoms with van der Waals surface area (Å²) >= 11 is 5.96. The first-order valence-electron chi connectivity index (χ1n) is 5.99. The SMILES string of the molecule is CCC(=O)NCC(=O)Nc1cc(OC)c(Cl)cc1OC. The maximum Gasteiger partial charge on any atom is 0.243 e. The number of carbonyl (C=O) groups excluding carboxylic acids is 2. The predicted octanol–water partition coefficient (Wildman–Crippen LogP) is 1.82. The number of carbonyl (C=O) groups is 2. The molecule has 0 aromatic heterocycles. The molecule has 0 heterocycles. The van der Waals surface area contributed by atoms with E-state index in [-0.39, 0.29) is 18.4 Å². The van der Waals surface area contributed by atoms with Crippen molar-refractivity contribution < 1.29 is 19.1 Å². The second-order valence-corrected chi connectivity index (χ2v) is 4.27. The zero-order chi connectivity index (χ0) is 15.1. The lowest BCUT2D eigenvalue weighted by molar-refractivity contribution is -0.123. The Hall–Kier alpha value is -1.95. The van der Waals surface area contributed by atoms with Crippen molar-refractivity contribution in [1.82, 2.24) is 5.32 Å². The monoisotopic (exact) mass is 300 g/mol. The van der Waals surface area contributed by atoms with E-state index in [9.17, 15) is 9.59 Å². The third-order valence-electron chi connectivity index (χ3n) is 2.52. The Morgan fingerprint density at radius 3 is 2.35 bits per heavy atom. The number of benzene rings is 1. The number of anilines is 1. The number of ether oxygens (including phenoxy) is 2. The maximum absolute atomic E-state index is 11.7. The van der Waals surface area contributed by atoms with Gasteiger partial charge in [0.25, 0.3) is 0 Å². The van der Waals surface area contributed by atoms with Crippen molar-refractivity contribution in [1.29, 1.82) is 0 Å². The van der Waals surface area contributed by atoms with Crippen molar-refractivity contribution in [2.75, 3.05) is 26.1 Å². The van der Waals surface area contributed by atoms with Crippen LogP contribution in [0.2, 0.25) is 5.02 Å². The molecular weight excluding hydrogens is 284 g/mol. The average molecular weight is 301 g/mol. The number of methoxy groups -OCH3 is 2. The molecule has 0 fully saturated rings. The zero-order valence-electron chi connectivity index (χ0n) is 11.6. The third-order valence-corrected chi connectivity index (χ3v) is 2.81. The number of rotatable bonds is 6. The van der Waals surface area contributed by atoms with Crippen LogP contribution in [-0.4, -0.2) is 32.6 Å². The van der Waals surface area contributed by atoms with Crippen molar-refractivity contribution in [2.45, 2.75) is 13.3 Å². The molecule has 6 nitrogen and oxygen atoms in total. The smallest absolute Gasteiger partial charge is 0.243 e. The Kier molecular flexibility index (Phi) is 6.11. The summed E-state index contributed by atoms with van der Waals surface area (Å²) in [4.78, 5) is 22.8. The molecule has 0 saturated carbocycles. The fourth-order valence-corrected chi connectivity index (χ4v) is 1.69. The number of amides is 2. The van der Waals surface area contributed by atoms with Crippen LogP contribution in [0.1, 0.15) is 13.3 Å². The highest BCUT2D eigenvalue weighted by Gasteiger charge is 2.12. The molecule has 0 unspecified atom stereocenters. The van der Waals surface area contributed by atoms with Crippen LogP contribution in [0.15, 0.2) is 12.1 Å². The molecule has 110 valence electrons. The van der Waals surface area contributed by atoms with Crippen LogP contribution >= 0.6 is 11.6 Å². The molecule has 0 spiro atoms. The maximum atomic E-state index is 11.7. The fraction of sp³-hybridized carbons (Fsp3) is 0.385. The molecule has 1 aromatic carbocycles. The van der Waals surface area contributed by atoms with E-state index in [1.807, 2.05) is 0 Å². The van der Waals surface area contributed by atoms with Crippen LogP contribution in [0.4, 0.5) is 5.69 Å². The number of nitrogens with one attached hydrogen (secondary N) is 2. The Morgan fingerprint density at radius 1 is 1.15 bits per heavy atom. The first kappa shape index (κ1) is 16.1. The first-order valence-corrected chi connectivity index (χ1v) is 6.37. The zero-order valence-corrected chi connectivity index (χ0v) is 12.3. The van der Waals surface area contributed by atoms with Gasteiger partial charge < -0.3 is 20.1 Å². The molecule has 20 heavy (non-hydrogen) atoms. The molecule has 0 aliphatic heterocycles. The third kappa shape index (κ3) is 4.31. The lowest BCUT2D eigenvalue weighted by atomic mass is 10.2. The lowest BCUT2D eigenvalue weighted by Gasteiger charge is -2.13. The molecule has 7 heteroatoms. The van der Waals surface area contributed by atoms with E-state index in [0.717, 1.165) is 0 Å². The summed E-state index contributed by atoms with van der Waals surface area (Å²) in [6.45, 7) is 1.60. The Morgan fingerprint density at radius 2 is 1.80 bits per heavy atom. The molecule has 0 bridgehead atoms. The van der Waals surface area contributed by atoms with Crippen molar-refractivity contribution in [3.05, 3.63) is 17.2 Å². The van der Waals surface area contributed by atoms with Gasteiger partial charge in [-0.25, -0.2) is 0 Å². The topological polar surface area (TPSA) is 76.7 Å². The van der Waals surface area contributed by atoms with Crippen molar-refractivity contribution in [3.8, 4) is 11.5 Å². The van der Waals surface area contributed by atoms with Crippen LogP contribution < -0.4 is 20.1 Å². The summed E-state index contributed by atoms with van der Waals surface area (Å²) in [7, 11) is 2.94. The van der Waals surface area contributed by atoms with Crippen LogP contribution in [0.25, 0.3) is 0 Å². The van der Waals surface area contributed by atoms with Gasteiger partial charge in [0, 0.05) is 18.6 Å². The fourth-order valence-electron chi connectivity index (χ4n) is 1.46. The minimum Gasteiger partial charge on any atom is -0.495 e. The summed E-state index contributed by atoms with van der Waals surface area (Å²) in [6, 6.07) is 3.10. The largest absolute Gasteiger partial charge is 0.495 e. The Balaban J connectivity index is 2.80. The van der Waals surface area contributed by atoms with E-state index in [4.69, 9.17) is 21.1 Å². The highest BCUT2D eigenvalue weighted by molar-refractivity contribution is 6.32. The molecule has 0 radical (unpaired) electrons. The normalized spacial score (nSPS) is 9.80. The Bertz CT molecular complexity index is 505. The molecule has 0 saturated heterocycles. The van der Waals surface area contributed by atoms with Gasteiger partial charge in [-0.05, 0) is 0 Å². The van der Waals surface area contributed by atoms with Gasteiger partial charge in [-0.1, -0.05) is 18.5 Å². The molecular formula is C13H17ClN2O4. The van der Waals surface area contributed by atoms with E-state index in [0.29, 0.717) is 28.6 Å². The van der Waals surface area contributed by atoms with Crippen molar-refractivity contribution in [3.63, 3.8) is 0 Å². The summed E-state index contributed by atoms with van der Waals surface area (Å²) in [5.41, 5.74) is 0.421. The summed E-state index contributed by atoms with van der Waals surface area (Å²) < 4.78 is 10.2. The predicted molar refractivity (Wildman–Crippen MR) is 76.5 cm³/mol. The standard InChI is InChI=1S/C13H17ClN2O4/c1-4-12(17)15-7-13(18)16-9-6-10(19-2)8(14)5-11(9)20-3/h5-6H,4,7H2,1-3H3,(H,15,17)(H,16,18). The molecule has 0 atom stereocenters. The molecule has 2 N–H and O–H groups in total. The summed E-state index contributed by atoms with van der Waals surface area (Å²) in [6.07, 6.45) is 0.325. The van der Waals surface area contributed by atoms with Crippen LogP contribution in [0, 0.1) is 0 Å². The second-order valence-electron chi connectivity index (χ2n) is 3.87. The number of hydrogen-bond donors (Lipinski definition) is 2. The Labute approximate surface area is 122 Å². The first-order chi connectivity index (χ1) is 9.51. The molecule has 1 aromatic rings. The molecule has 2 amide bonds. The van der Waals surface area contributed by atoms with Gasteiger partial charge in [0.2, 0.25) is 11.8 Å². The van der Waals surface area contributed by atoms with Gasteiger partial charge in [-0.3, -0.25) is 9.59 Å². The van der Waals surface area contributed by atoms with Crippen molar-refractivity contribution in [2.24, 2.45) is 0 Å². The molecule has 0 aliphatic rings. The minimum atomic E-state index is -0.366. The summed E-state index contributed by atoms with van der Waals surface area (Å²) in [5, 5.41) is 5.48. The van der Waals surface area contributed by atoms with E-state index in [2.05, 4.69) is 10.6 Å². The minimum absolute atomic E-state index is 0.110.